The molecule has 0 saturated heterocycles. The van der Waals surface area contributed by atoms with Gasteiger partial charge >= 0.3 is 5.97 Å². The molecule has 1 rings (SSSR count). The molecular weight excluding hydrogens is 418 g/mol. The Morgan fingerprint density at radius 1 is 1.16 bits per heavy atom. The number of carbonyl (C=O) groups is 4. The van der Waals surface area contributed by atoms with E-state index in [1.165, 1.54) is 12.5 Å². The van der Waals surface area contributed by atoms with Crippen molar-refractivity contribution in [2.45, 2.75) is 64.1 Å². The molecule has 1 aromatic heterocycles. The van der Waals surface area contributed by atoms with E-state index in [-0.39, 0.29) is 25.3 Å². The molecule has 0 aliphatic carbocycles. The fourth-order valence-corrected chi connectivity index (χ4v) is 2.89. The monoisotopic (exact) mass is 453 g/mol. The van der Waals surface area contributed by atoms with Crippen molar-refractivity contribution in [3.05, 3.63) is 18.2 Å². The zero-order chi connectivity index (χ0) is 24.1. The van der Waals surface area contributed by atoms with Crippen LogP contribution in [0.4, 0.5) is 0 Å². The molecule has 1 heterocycles. The first kappa shape index (κ1) is 27.0. The van der Waals surface area contributed by atoms with Gasteiger partial charge in [0.05, 0.1) is 18.9 Å². The van der Waals surface area contributed by atoms with Crippen LogP contribution in [0.1, 0.15) is 45.2 Å². The fraction of sp³-hybridized carbons (Fsp3) is 0.650. The van der Waals surface area contributed by atoms with Crippen molar-refractivity contribution in [2.24, 2.45) is 17.4 Å². The smallest absolute Gasteiger partial charge is 0.326 e. The van der Waals surface area contributed by atoms with E-state index in [0.717, 1.165) is 0 Å². The molecule has 0 bridgehead atoms. The van der Waals surface area contributed by atoms with Crippen LogP contribution in [-0.4, -0.2) is 70.0 Å². The minimum atomic E-state index is -1.22. The number of carbonyl (C=O) groups excluding carboxylic acids is 3. The lowest BCUT2D eigenvalue weighted by Crippen LogP contribution is -2.54. The summed E-state index contributed by atoms with van der Waals surface area (Å²) in [5.74, 6) is -2.93. The SMILES string of the molecule is CCC(C)C(N)C(=O)NCC(=O)NC(CCCCN)C(=O)NC(Cc1cnc[nH]1)C(=O)O. The first-order chi connectivity index (χ1) is 15.2. The van der Waals surface area contributed by atoms with Gasteiger partial charge in [0.2, 0.25) is 17.7 Å². The number of carboxylic acid groups (broad SMARTS) is 1. The topological polar surface area (TPSA) is 205 Å². The number of aromatic nitrogens is 2. The van der Waals surface area contributed by atoms with Crippen molar-refractivity contribution in [1.82, 2.24) is 25.9 Å². The maximum atomic E-state index is 12.7. The lowest BCUT2D eigenvalue weighted by molar-refractivity contribution is -0.142. The van der Waals surface area contributed by atoms with Crippen molar-refractivity contribution in [3.8, 4) is 0 Å². The average molecular weight is 454 g/mol. The Balaban J connectivity index is 2.71. The van der Waals surface area contributed by atoms with Crippen molar-refractivity contribution in [2.75, 3.05) is 13.1 Å². The van der Waals surface area contributed by atoms with E-state index in [4.69, 9.17) is 11.5 Å². The second-order valence-corrected chi connectivity index (χ2v) is 7.71. The maximum Gasteiger partial charge on any atom is 0.326 e. The zero-order valence-corrected chi connectivity index (χ0v) is 18.6. The number of unbranched alkanes of at least 4 members (excludes halogenated alkanes) is 1. The molecular formula is C20H35N7O5. The van der Waals surface area contributed by atoms with E-state index < -0.39 is 41.8 Å². The van der Waals surface area contributed by atoms with Crippen molar-refractivity contribution >= 4 is 23.7 Å². The number of H-pyrrole nitrogens is 1. The minimum Gasteiger partial charge on any atom is -0.480 e. The Morgan fingerprint density at radius 3 is 2.44 bits per heavy atom. The lowest BCUT2D eigenvalue weighted by atomic mass is 9.99. The molecule has 0 aliphatic rings. The molecule has 0 fully saturated rings. The van der Waals surface area contributed by atoms with Gasteiger partial charge in [0.1, 0.15) is 12.1 Å². The zero-order valence-electron chi connectivity index (χ0n) is 18.6. The highest BCUT2D eigenvalue weighted by Gasteiger charge is 2.27. The molecule has 9 N–H and O–H groups in total. The molecule has 3 amide bonds. The molecule has 0 saturated carbocycles. The number of rotatable bonds is 15. The van der Waals surface area contributed by atoms with Gasteiger partial charge in [-0.15, -0.1) is 0 Å². The molecule has 0 radical (unpaired) electrons. The Morgan fingerprint density at radius 2 is 1.88 bits per heavy atom. The summed E-state index contributed by atoms with van der Waals surface area (Å²) in [7, 11) is 0. The quantitative estimate of drug-likeness (QED) is 0.157. The summed E-state index contributed by atoms with van der Waals surface area (Å²) in [6.45, 7) is 3.82. The van der Waals surface area contributed by atoms with Crippen LogP contribution in [0.2, 0.25) is 0 Å². The van der Waals surface area contributed by atoms with E-state index in [9.17, 15) is 24.3 Å². The summed E-state index contributed by atoms with van der Waals surface area (Å²) in [6, 6.07) is -2.92. The summed E-state index contributed by atoms with van der Waals surface area (Å²) in [6.07, 6.45) is 5.06. The molecule has 1 aromatic rings. The van der Waals surface area contributed by atoms with Gasteiger partial charge in [0.25, 0.3) is 0 Å². The standard InChI is InChI=1S/C20H35N7O5/c1-3-12(2)17(22)19(30)24-10-16(28)26-14(6-4-5-7-21)18(29)27-15(20(31)32)8-13-9-23-11-25-13/h9,11-12,14-15,17H,3-8,10,21-22H2,1-2H3,(H,23,25)(H,24,30)(H,26,28)(H,27,29)(H,31,32). The second kappa shape index (κ2) is 14.1. The number of aliphatic carboxylic acids is 1. The van der Waals surface area contributed by atoms with E-state index in [2.05, 4.69) is 25.9 Å². The number of amides is 3. The Labute approximate surface area is 187 Å². The summed E-state index contributed by atoms with van der Waals surface area (Å²) < 4.78 is 0. The van der Waals surface area contributed by atoms with Gasteiger partial charge < -0.3 is 37.5 Å². The molecule has 4 atom stereocenters. The molecule has 12 nitrogen and oxygen atoms in total. The average Bonchev–Trinajstić information content (AvgIpc) is 3.28. The molecule has 32 heavy (non-hydrogen) atoms. The Kier molecular flexibility index (Phi) is 12.0. The highest BCUT2D eigenvalue weighted by atomic mass is 16.4. The van der Waals surface area contributed by atoms with Gasteiger partial charge in [0.15, 0.2) is 0 Å². The van der Waals surface area contributed by atoms with Gasteiger partial charge in [0, 0.05) is 18.3 Å². The van der Waals surface area contributed by atoms with Gasteiger partial charge in [-0.2, -0.15) is 0 Å². The Hall–Kier alpha value is -2.99. The van der Waals surface area contributed by atoms with E-state index in [0.29, 0.717) is 31.5 Å². The number of hydrogen-bond acceptors (Lipinski definition) is 7. The highest BCUT2D eigenvalue weighted by molar-refractivity contribution is 5.92. The normalized spacial score (nSPS) is 14.6. The first-order valence-electron chi connectivity index (χ1n) is 10.7. The fourth-order valence-electron chi connectivity index (χ4n) is 2.89. The molecule has 0 spiro atoms. The Bertz CT molecular complexity index is 741. The van der Waals surface area contributed by atoms with E-state index in [1.54, 1.807) is 0 Å². The highest BCUT2D eigenvalue weighted by Crippen LogP contribution is 2.06. The van der Waals surface area contributed by atoms with Crippen LogP contribution in [0.15, 0.2) is 12.5 Å². The number of hydrogen-bond donors (Lipinski definition) is 7. The number of imidazole rings is 1. The van der Waals surface area contributed by atoms with Crippen molar-refractivity contribution in [3.63, 3.8) is 0 Å². The van der Waals surface area contributed by atoms with Crippen LogP contribution < -0.4 is 27.4 Å². The molecule has 180 valence electrons. The lowest BCUT2D eigenvalue weighted by Gasteiger charge is -2.22. The van der Waals surface area contributed by atoms with Crippen LogP contribution in [0.25, 0.3) is 0 Å². The number of aromatic amines is 1. The largest absolute Gasteiger partial charge is 0.480 e. The van der Waals surface area contributed by atoms with Gasteiger partial charge in [-0.1, -0.05) is 20.3 Å². The third-order valence-corrected chi connectivity index (χ3v) is 5.18. The predicted octanol–water partition coefficient (Wildman–Crippen LogP) is -1.37. The summed E-state index contributed by atoms with van der Waals surface area (Å²) in [5.41, 5.74) is 11.9. The summed E-state index contributed by atoms with van der Waals surface area (Å²) >= 11 is 0. The van der Waals surface area contributed by atoms with Crippen LogP contribution in [-0.2, 0) is 25.6 Å². The maximum absolute atomic E-state index is 12.7. The second-order valence-electron chi connectivity index (χ2n) is 7.71. The van der Waals surface area contributed by atoms with Crippen LogP contribution in [0.5, 0.6) is 0 Å². The number of nitrogens with zero attached hydrogens (tertiary/aromatic N) is 1. The molecule has 0 aromatic carbocycles. The number of carboxylic acids is 1. The van der Waals surface area contributed by atoms with Crippen molar-refractivity contribution < 1.29 is 24.3 Å². The predicted molar refractivity (Wildman–Crippen MR) is 117 cm³/mol. The van der Waals surface area contributed by atoms with E-state index in [1.807, 2.05) is 13.8 Å². The van der Waals surface area contributed by atoms with Crippen LogP contribution >= 0.6 is 0 Å². The summed E-state index contributed by atoms with van der Waals surface area (Å²) in [4.78, 5) is 55.3. The van der Waals surface area contributed by atoms with Gasteiger partial charge in [-0.25, -0.2) is 9.78 Å². The first-order valence-corrected chi connectivity index (χ1v) is 10.7. The van der Waals surface area contributed by atoms with Gasteiger partial charge in [-0.3, -0.25) is 14.4 Å². The number of nitrogens with two attached hydrogens (primary N) is 2. The third-order valence-electron chi connectivity index (χ3n) is 5.18. The van der Waals surface area contributed by atoms with Crippen LogP contribution in [0.3, 0.4) is 0 Å². The van der Waals surface area contributed by atoms with E-state index >= 15 is 0 Å². The third kappa shape index (κ3) is 9.43. The minimum absolute atomic E-state index is 0.00803. The molecule has 0 aliphatic heterocycles. The number of nitrogens with one attached hydrogen (secondary N) is 4. The van der Waals surface area contributed by atoms with Gasteiger partial charge in [-0.05, 0) is 31.7 Å². The van der Waals surface area contributed by atoms with Crippen molar-refractivity contribution in [1.29, 1.82) is 0 Å². The van der Waals surface area contributed by atoms with Crippen LogP contribution in [0, 0.1) is 5.92 Å². The molecule has 4 unspecified atom stereocenters. The summed E-state index contributed by atoms with van der Waals surface area (Å²) in [5, 5.41) is 16.9. The molecule has 12 heteroatoms.